The smallest absolute Gasteiger partial charge is 0.146 e. The van der Waals surface area contributed by atoms with E-state index in [0.29, 0.717) is 24.7 Å². The zero-order valence-corrected chi connectivity index (χ0v) is 10.1. The molecule has 0 aromatic heterocycles. The largest absolute Gasteiger partial charge is 0.359 e. The molecule has 0 heterocycles. The highest BCUT2D eigenvalue weighted by Crippen LogP contribution is 2.33. The van der Waals surface area contributed by atoms with Gasteiger partial charge in [0.25, 0.3) is 0 Å². The number of hydrogen-bond donors (Lipinski definition) is 0. The van der Waals surface area contributed by atoms with Crippen molar-refractivity contribution in [1.82, 2.24) is 0 Å². The molecular formula is C13H24O2. The molecule has 1 rings (SSSR count). The summed E-state index contributed by atoms with van der Waals surface area (Å²) in [5, 5.41) is 0. The van der Waals surface area contributed by atoms with Gasteiger partial charge >= 0.3 is 0 Å². The van der Waals surface area contributed by atoms with Crippen molar-refractivity contribution < 1.29 is 9.47 Å². The molecule has 0 aliphatic heterocycles. The van der Waals surface area contributed by atoms with Gasteiger partial charge in [-0.15, -0.1) is 6.58 Å². The molecule has 0 aromatic rings. The molecule has 3 atom stereocenters. The molecule has 0 aromatic carbocycles. The Labute approximate surface area is 93.7 Å². The second kappa shape index (κ2) is 7.02. The molecule has 2 heteroatoms. The summed E-state index contributed by atoms with van der Waals surface area (Å²) < 4.78 is 10.7. The molecule has 1 saturated carbocycles. The van der Waals surface area contributed by atoms with Crippen LogP contribution in [0, 0.1) is 11.8 Å². The lowest BCUT2D eigenvalue weighted by molar-refractivity contribution is -0.110. The predicted octanol–water partition coefficient (Wildman–Crippen LogP) is 3.38. The van der Waals surface area contributed by atoms with Crippen molar-refractivity contribution in [3.05, 3.63) is 12.7 Å². The van der Waals surface area contributed by atoms with E-state index in [2.05, 4.69) is 13.5 Å². The Hall–Kier alpha value is -0.340. The number of allylic oxidation sites excluding steroid dienone is 1. The molecule has 1 aliphatic carbocycles. The molecular weight excluding hydrogens is 188 g/mol. The van der Waals surface area contributed by atoms with Gasteiger partial charge in [0.2, 0.25) is 0 Å². The van der Waals surface area contributed by atoms with Gasteiger partial charge in [0.05, 0.1) is 6.10 Å². The van der Waals surface area contributed by atoms with Crippen LogP contribution in [0.4, 0.5) is 0 Å². The first-order valence-corrected chi connectivity index (χ1v) is 6.01. The molecule has 1 fully saturated rings. The van der Waals surface area contributed by atoms with E-state index in [9.17, 15) is 0 Å². The third-order valence-electron chi connectivity index (χ3n) is 3.42. The summed E-state index contributed by atoms with van der Waals surface area (Å²) in [6.07, 6.45) is 8.64. The minimum Gasteiger partial charge on any atom is -0.359 e. The first-order valence-electron chi connectivity index (χ1n) is 6.01. The topological polar surface area (TPSA) is 18.5 Å². The second-order valence-electron chi connectivity index (χ2n) is 4.56. The third-order valence-corrected chi connectivity index (χ3v) is 3.42. The average Bonchev–Trinajstić information content (AvgIpc) is 2.27. The number of hydrogen-bond acceptors (Lipinski definition) is 2. The van der Waals surface area contributed by atoms with Gasteiger partial charge < -0.3 is 9.47 Å². The van der Waals surface area contributed by atoms with Crippen LogP contribution in [0.15, 0.2) is 12.7 Å². The molecule has 0 saturated heterocycles. The van der Waals surface area contributed by atoms with Gasteiger partial charge in [-0.1, -0.05) is 25.8 Å². The number of methoxy groups -OCH3 is 1. The highest BCUT2D eigenvalue weighted by molar-refractivity contribution is 4.83. The Kier molecular flexibility index (Phi) is 5.96. The molecule has 2 nitrogen and oxygen atoms in total. The van der Waals surface area contributed by atoms with Crippen molar-refractivity contribution in [3.8, 4) is 0 Å². The van der Waals surface area contributed by atoms with E-state index in [1.807, 2.05) is 6.08 Å². The Bertz CT molecular complexity index is 179. The van der Waals surface area contributed by atoms with Crippen LogP contribution in [0.2, 0.25) is 0 Å². The molecule has 0 amide bonds. The molecule has 0 bridgehead atoms. The summed E-state index contributed by atoms with van der Waals surface area (Å²) in [6, 6.07) is 0. The van der Waals surface area contributed by atoms with Crippen LogP contribution in [-0.2, 0) is 9.47 Å². The highest BCUT2D eigenvalue weighted by Gasteiger charge is 2.29. The molecule has 15 heavy (non-hydrogen) atoms. The Morgan fingerprint density at radius 2 is 2.13 bits per heavy atom. The van der Waals surface area contributed by atoms with E-state index in [-0.39, 0.29) is 0 Å². The molecule has 0 radical (unpaired) electrons. The van der Waals surface area contributed by atoms with Gasteiger partial charge in [-0.3, -0.25) is 0 Å². The van der Waals surface area contributed by atoms with E-state index in [4.69, 9.17) is 9.47 Å². The predicted molar refractivity (Wildman–Crippen MR) is 62.7 cm³/mol. The minimum absolute atomic E-state index is 0.397. The maximum absolute atomic E-state index is 5.76. The minimum atomic E-state index is 0.397. The van der Waals surface area contributed by atoms with Gasteiger partial charge in [-0.25, -0.2) is 0 Å². The molecule has 0 spiro atoms. The van der Waals surface area contributed by atoms with Crippen LogP contribution in [0.25, 0.3) is 0 Å². The van der Waals surface area contributed by atoms with Crippen molar-refractivity contribution in [2.24, 2.45) is 11.8 Å². The Morgan fingerprint density at radius 3 is 2.80 bits per heavy atom. The lowest BCUT2D eigenvalue weighted by Gasteiger charge is -2.35. The summed E-state index contributed by atoms with van der Waals surface area (Å²) in [7, 11) is 1.69. The van der Waals surface area contributed by atoms with Crippen LogP contribution in [0.3, 0.4) is 0 Å². The van der Waals surface area contributed by atoms with Crippen LogP contribution >= 0.6 is 0 Å². The highest BCUT2D eigenvalue weighted by atomic mass is 16.7. The van der Waals surface area contributed by atoms with Crippen LogP contribution in [0.5, 0.6) is 0 Å². The zero-order chi connectivity index (χ0) is 11.1. The van der Waals surface area contributed by atoms with E-state index >= 15 is 0 Å². The van der Waals surface area contributed by atoms with Crippen LogP contribution in [-0.4, -0.2) is 20.0 Å². The van der Waals surface area contributed by atoms with E-state index in [1.165, 1.54) is 25.7 Å². The molecule has 0 N–H and O–H groups in total. The SMILES string of the molecule is C=CC[C@@H](C)[C@H]1CCCC[C@@H]1OCOC. The number of ether oxygens (including phenoxy) is 2. The fourth-order valence-corrected chi connectivity index (χ4v) is 2.58. The fourth-order valence-electron chi connectivity index (χ4n) is 2.58. The summed E-state index contributed by atoms with van der Waals surface area (Å²) in [6.45, 7) is 6.56. The molecule has 0 unspecified atom stereocenters. The second-order valence-corrected chi connectivity index (χ2v) is 4.56. The Morgan fingerprint density at radius 1 is 1.40 bits per heavy atom. The van der Waals surface area contributed by atoms with E-state index < -0.39 is 0 Å². The van der Waals surface area contributed by atoms with Crippen molar-refractivity contribution in [2.75, 3.05) is 13.9 Å². The molecule has 1 aliphatic rings. The lowest BCUT2D eigenvalue weighted by atomic mass is 9.77. The Balaban J connectivity index is 2.44. The monoisotopic (exact) mass is 212 g/mol. The van der Waals surface area contributed by atoms with Crippen molar-refractivity contribution >= 4 is 0 Å². The summed E-state index contributed by atoms with van der Waals surface area (Å²) in [5.41, 5.74) is 0. The van der Waals surface area contributed by atoms with Crippen LogP contribution in [0.1, 0.15) is 39.0 Å². The van der Waals surface area contributed by atoms with Crippen molar-refractivity contribution in [1.29, 1.82) is 0 Å². The normalized spacial score (nSPS) is 28.7. The average molecular weight is 212 g/mol. The quantitative estimate of drug-likeness (QED) is 0.496. The van der Waals surface area contributed by atoms with Gasteiger partial charge in [0, 0.05) is 7.11 Å². The maximum atomic E-state index is 5.76. The zero-order valence-electron chi connectivity index (χ0n) is 10.1. The summed E-state index contributed by atoms with van der Waals surface area (Å²) in [4.78, 5) is 0. The van der Waals surface area contributed by atoms with Crippen molar-refractivity contribution in [3.63, 3.8) is 0 Å². The fraction of sp³-hybridized carbons (Fsp3) is 0.846. The molecule has 88 valence electrons. The van der Waals surface area contributed by atoms with Gasteiger partial charge in [-0.2, -0.15) is 0 Å². The number of rotatable bonds is 6. The first-order chi connectivity index (χ1) is 7.29. The maximum Gasteiger partial charge on any atom is 0.146 e. The summed E-state index contributed by atoms with van der Waals surface area (Å²) in [5.74, 6) is 1.37. The first kappa shape index (κ1) is 12.7. The lowest BCUT2D eigenvalue weighted by Crippen LogP contribution is -2.32. The third kappa shape index (κ3) is 3.96. The van der Waals surface area contributed by atoms with E-state index in [1.54, 1.807) is 7.11 Å². The van der Waals surface area contributed by atoms with E-state index in [0.717, 1.165) is 6.42 Å². The van der Waals surface area contributed by atoms with Gasteiger partial charge in [0.1, 0.15) is 6.79 Å². The van der Waals surface area contributed by atoms with Crippen molar-refractivity contribution in [2.45, 2.75) is 45.1 Å². The van der Waals surface area contributed by atoms with Gasteiger partial charge in [0.15, 0.2) is 0 Å². The van der Waals surface area contributed by atoms with Crippen LogP contribution < -0.4 is 0 Å². The summed E-state index contributed by atoms with van der Waals surface area (Å²) >= 11 is 0. The van der Waals surface area contributed by atoms with Gasteiger partial charge in [-0.05, 0) is 31.1 Å². The standard InChI is InChI=1S/C13H24O2/c1-4-7-11(2)12-8-5-6-9-13(12)15-10-14-3/h4,11-13H,1,5-10H2,2-3H3/t11-,12-,13+/m1/s1.